The van der Waals surface area contributed by atoms with E-state index < -0.39 is 0 Å². The zero-order valence-electron chi connectivity index (χ0n) is 27.2. The molecule has 232 valence electrons. The van der Waals surface area contributed by atoms with Crippen LogP contribution in [0, 0.1) is 0 Å². The zero-order valence-corrected chi connectivity index (χ0v) is 28.1. The largest absolute Gasteiger partial charge is 0.135 e. The van der Waals surface area contributed by atoms with E-state index in [9.17, 15) is 0 Å². The van der Waals surface area contributed by atoms with E-state index in [-0.39, 0.29) is 0 Å². The first-order chi connectivity index (χ1) is 24.3. The highest BCUT2D eigenvalue weighted by atomic mass is 32.1. The fourth-order valence-corrected chi connectivity index (χ4v) is 9.64. The minimum Gasteiger partial charge on any atom is -0.135 e. The molecule has 0 saturated carbocycles. The third kappa shape index (κ3) is 4.65. The molecule has 0 amide bonds. The Hall–Kier alpha value is -5.50. The van der Waals surface area contributed by atoms with Gasteiger partial charge >= 0.3 is 0 Å². The van der Waals surface area contributed by atoms with Crippen LogP contribution in [0.4, 0.5) is 0 Å². The molecule has 0 fully saturated rings. The summed E-state index contributed by atoms with van der Waals surface area (Å²) in [6.07, 6.45) is 7.37. The molecule has 0 saturated heterocycles. The zero-order chi connectivity index (χ0) is 32.3. The van der Waals surface area contributed by atoms with Crippen LogP contribution in [0.5, 0.6) is 0 Å². The van der Waals surface area contributed by atoms with Crippen LogP contribution in [0.25, 0.3) is 91.4 Å². The molecule has 1 aromatic heterocycles. The predicted molar refractivity (Wildman–Crippen MR) is 215 cm³/mol. The van der Waals surface area contributed by atoms with Gasteiger partial charge in [0.2, 0.25) is 0 Å². The van der Waals surface area contributed by atoms with Crippen molar-refractivity contribution in [3.63, 3.8) is 0 Å². The van der Waals surface area contributed by atoms with Crippen molar-refractivity contribution in [2.24, 2.45) is 0 Å². The molecule has 0 atom stereocenters. The Balaban J connectivity index is 1.22. The molecule has 1 aliphatic rings. The van der Waals surface area contributed by atoms with Gasteiger partial charge in [0.05, 0.1) is 0 Å². The number of hydrogen-bond donors (Lipinski definition) is 0. The van der Waals surface area contributed by atoms with Crippen LogP contribution in [0.1, 0.15) is 31.2 Å². The van der Waals surface area contributed by atoms with E-state index in [2.05, 4.69) is 158 Å². The summed E-state index contributed by atoms with van der Waals surface area (Å²) in [4.78, 5) is 0. The maximum atomic E-state index is 2.52. The molecule has 1 heteroatoms. The summed E-state index contributed by atoms with van der Waals surface area (Å²) in [5.41, 5.74) is 10.7. The summed E-state index contributed by atoms with van der Waals surface area (Å²) in [7, 11) is 0. The highest BCUT2D eigenvalue weighted by molar-refractivity contribution is 7.26. The molecular weight excluding hydrogens is 609 g/mol. The van der Waals surface area contributed by atoms with Gasteiger partial charge in [-0.3, -0.25) is 0 Å². The van der Waals surface area contributed by atoms with E-state index >= 15 is 0 Å². The minimum atomic E-state index is 1.14. The van der Waals surface area contributed by atoms with Crippen molar-refractivity contribution in [1.82, 2.24) is 0 Å². The van der Waals surface area contributed by atoms with Crippen LogP contribution in [-0.2, 0) is 0 Å². The van der Waals surface area contributed by atoms with Gasteiger partial charge in [0.15, 0.2) is 0 Å². The Morgan fingerprint density at radius 1 is 0.408 bits per heavy atom. The molecule has 8 aromatic carbocycles. The maximum absolute atomic E-state index is 2.52. The van der Waals surface area contributed by atoms with Gasteiger partial charge in [-0.25, -0.2) is 0 Å². The van der Waals surface area contributed by atoms with Crippen LogP contribution in [0.3, 0.4) is 0 Å². The van der Waals surface area contributed by atoms with Crippen molar-refractivity contribution in [3.05, 3.63) is 163 Å². The molecule has 49 heavy (non-hydrogen) atoms. The second kappa shape index (κ2) is 11.6. The Kier molecular flexibility index (Phi) is 6.74. The van der Waals surface area contributed by atoms with Crippen LogP contribution >= 0.6 is 11.3 Å². The van der Waals surface area contributed by atoms with Gasteiger partial charge in [-0.15, -0.1) is 11.3 Å². The summed E-state index contributed by atoms with van der Waals surface area (Å²) in [6, 6.07) is 56.6. The number of hydrogen-bond acceptors (Lipinski definition) is 1. The van der Waals surface area contributed by atoms with E-state index in [0.717, 1.165) is 12.8 Å². The minimum absolute atomic E-state index is 1.14. The average molecular weight is 643 g/mol. The Morgan fingerprint density at radius 2 is 1.04 bits per heavy atom. The van der Waals surface area contributed by atoms with Crippen molar-refractivity contribution in [2.75, 3.05) is 0 Å². The number of thiophene rings is 1. The van der Waals surface area contributed by atoms with Gasteiger partial charge in [0.1, 0.15) is 0 Å². The molecule has 0 unspecified atom stereocenters. The second-order valence-corrected chi connectivity index (χ2v) is 14.5. The van der Waals surface area contributed by atoms with E-state index in [0.29, 0.717) is 0 Å². The van der Waals surface area contributed by atoms with Crippen molar-refractivity contribution >= 4 is 69.4 Å². The molecule has 0 aliphatic heterocycles. The Bertz CT molecular complexity index is 2720. The van der Waals surface area contributed by atoms with E-state index in [4.69, 9.17) is 0 Å². The van der Waals surface area contributed by atoms with Crippen molar-refractivity contribution in [3.8, 4) is 33.4 Å². The third-order valence-corrected chi connectivity index (χ3v) is 11.8. The van der Waals surface area contributed by atoms with Gasteiger partial charge in [-0.1, -0.05) is 140 Å². The predicted octanol–water partition coefficient (Wildman–Crippen LogP) is 14.5. The summed E-state index contributed by atoms with van der Waals surface area (Å²) in [6.45, 7) is 0. The number of fused-ring (bicyclic) bond motifs is 6. The third-order valence-electron chi connectivity index (χ3n) is 10.6. The normalized spacial score (nSPS) is 13.5. The fraction of sp³-hybridized carbons (Fsp3) is 0.0833. The van der Waals surface area contributed by atoms with Crippen LogP contribution in [0.2, 0.25) is 0 Å². The smallest absolute Gasteiger partial charge is 0.0436 e. The highest BCUT2D eigenvalue weighted by Gasteiger charge is 2.21. The molecule has 1 heterocycles. The number of benzene rings is 8. The molecule has 0 spiro atoms. The number of rotatable bonds is 4. The summed E-state index contributed by atoms with van der Waals surface area (Å²) >= 11 is 1.95. The average Bonchev–Trinajstić information content (AvgIpc) is 3.55. The molecule has 0 radical (unpaired) electrons. The van der Waals surface area contributed by atoms with Gasteiger partial charge < -0.3 is 0 Å². The van der Waals surface area contributed by atoms with Gasteiger partial charge in [-0.05, 0) is 115 Å². The van der Waals surface area contributed by atoms with Crippen LogP contribution in [0.15, 0.2) is 158 Å². The van der Waals surface area contributed by atoms with E-state index in [1.54, 1.807) is 0 Å². The van der Waals surface area contributed by atoms with Crippen LogP contribution < -0.4 is 0 Å². The summed E-state index contributed by atoms with van der Waals surface area (Å²) in [5.74, 6) is 0. The molecule has 9 aromatic rings. The Morgan fingerprint density at radius 3 is 1.76 bits per heavy atom. The molecule has 0 bridgehead atoms. The summed E-state index contributed by atoms with van der Waals surface area (Å²) in [5, 5.41) is 10.4. The monoisotopic (exact) mass is 642 g/mol. The highest BCUT2D eigenvalue weighted by Crippen LogP contribution is 2.47. The lowest BCUT2D eigenvalue weighted by molar-refractivity contribution is 0.742. The lowest BCUT2D eigenvalue weighted by Gasteiger charge is -2.20. The SMILES string of the molecule is C1=C(c2c(-c3cccc(-c4c5ccccc5c(-c5ccc6ccccc6c5)c5ccccc45)c3)ccc3c2sc2ccccc23)CCCC1. The van der Waals surface area contributed by atoms with E-state index in [1.807, 2.05) is 11.3 Å². The van der Waals surface area contributed by atoms with E-state index in [1.165, 1.54) is 110 Å². The Labute approximate surface area is 290 Å². The summed E-state index contributed by atoms with van der Waals surface area (Å²) < 4.78 is 2.79. The first kappa shape index (κ1) is 28.5. The first-order valence-electron chi connectivity index (χ1n) is 17.5. The van der Waals surface area contributed by atoms with Crippen molar-refractivity contribution in [1.29, 1.82) is 0 Å². The van der Waals surface area contributed by atoms with Gasteiger partial charge in [-0.2, -0.15) is 0 Å². The molecule has 10 rings (SSSR count). The van der Waals surface area contributed by atoms with Gasteiger partial charge in [0.25, 0.3) is 0 Å². The van der Waals surface area contributed by atoms with Crippen LogP contribution in [-0.4, -0.2) is 0 Å². The molecule has 1 aliphatic carbocycles. The van der Waals surface area contributed by atoms with Crippen molar-refractivity contribution in [2.45, 2.75) is 25.7 Å². The lowest BCUT2D eigenvalue weighted by atomic mass is 9.84. The molecule has 0 nitrogen and oxygen atoms in total. The number of allylic oxidation sites excluding steroid dienone is 2. The molecular formula is C48H34S. The second-order valence-electron chi connectivity index (χ2n) is 13.4. The maximum Gasteiger partial charge on any atom is 0.0436 e. The van der Waals surface area contributed by atoms with Crippen molar-refractivity contribution < 1.29 is 0 Å². The molecule has 0 N–H and O–H groups in total. The fourth-order valence-electron chi connectivity index (χ4n) is 8.35. The first-order valence-corrected chi connectivity index (χ1v) is 18.3. The van der Waals surface area contributed by atoms with Gasteiger partial charge in [0, 0.05) is 25.7 Å². The topological polar surface area (TPSA) is 0 Å². The lowest BCUT2D eigenvalue weighted by Crippen LogP contribution is -1.96. The quantitative estimate of drug-likeness (QED) is 0.168. The standard InChI is InChI=1S/C48H34S/c1-2-14-32(15-3-1)47-37(27-28-43-38-19-10-11-24-44(38)49-48(43)47)34-17-12-18-35(30-34)45-39-20-6-8-22-41(39)46(42-23-9-7-21-40(42)45)36-26-25-31-13-4-5-16-33(31)29-36/h4-14,16-30H,1-3,15H2.